The van der Waals surface area contributed by atoms with Gasteiger partial charge in [-0.05, 0) is 119 Å². The van der Waals surface area contributed by atoms with Crippen molar-refractivity contribution in [2.45, 2.75) is 181 Å². The van der Waals surface area contributed by atoms with Crippen LogP contribution < -0.4 is 16.0 Å². The van der Waals surface area contributed by atoms with E-state index in [1.54, 1.807) is 14.2 Å². The zero-order valence-electron chi connectivity index (χ0n) is 32.9. The Morgan fingerprint density at radius 1 is 0.714 bits per heavy atom. The van der Waals surface area contributed by atoms with Crippen LogP contribution in [-0.4, -0.2) is 91.2 Å². The Labute approximate surface area is 297 Å². The number of anilines is 3. The molecule has 49 heavy (non-hydrogen) atoms. The number of hydrogen-bond donors (Lipinski definition) is 4. The van der Waals surface area contributed by atoms with Gasteiger partial charge in [0.05, 0.1) is 14.2 Å². The summed E-state index contributed by atoms with van der Waals surface area (Å²) in [6.07, 6.45) is 10.6. The van der Waals surface area contributed by atoms with E-state index in [0.717, 1.165) is 64.2 Å². The molecule has 4 N–H and O–H groups in total. The Morgan fingerprint density at radius 3 is 1.45 bits per heavy atom. The first kappa shape index (κ1) is 41.1. The number of carboxylic acid groups (broad SMARTS) is 1. The molecule has 0 aromatic carbocycles. The predicted molar refractivity (Wildman–Crippen MR) is 199 cm³/mol. The van der Waals surface area contributed by atoms with Crippen LogP contribution in [0.15, 0.2) is 0 Å². The molecule has 12 heteroatoms. The van der Waals surface area contributed by atoms with E-state index in [1.807, 2.05) is 0 Å². The van der Waals surface area contributed by atoms with E-state index < -0.39 is 5.97 Å². The number of hydrogen-bond acceptors (Lipinski definition) is 11. The highest BCUT2D eigenvalue weighted by molar-refractivity contribution is 5.66. The summed E-state index contributed by atoms with van der Waals surface area (Å²) in [6, 6.07) is 0.376. The molecule has 2 saturated heterocycles. The highest BCUT2D eigenvalue weighted by atomic mass is 16.7. The van der Waals surface area contributed by atoms with Crippen molar-refractivity contribution in [3.05, 3.63) is 0 Å². The van der Waals surface area contributed by atoms with Gasteiger partial charge < -0.3 is 30.7 Å². The Hall–Kier alpha value is -2.28. The zero-order valence-corrected chi connectivity index (χ0v) is 32.9. The summed E-state index contributed by atoms with van der Waals surface area (Å²) < 4.78 is 0. The molecule has 2 fully saturated rings. The Kier molecular flexibility index (Phi) is 14.5. The minimum Gasteiger partial charge on any atom is -0.481 e. The Morgan fingerprint density at radius 2 is 1.10 bits per heavy atom. The fourth-order valence-electron chi connectivity index (χ4n) is 9.41. The lowest BCUT2D eigenvalue weighted by Crippen LogP contribution is -2.61. The van der Waals surface area contributed by atoms with Crippen molar-refractivity contribution in [3.63, 3.8) is 0 Å². The molecule has 2 unspecified atom stereocenters. The van der Waals surface area contributed by atoms with E-state index in [9.17, 15) is 4.79 Å². The van der Waals surface area contributed by atoms with Crippen molar-refractivity contribution in [2.75, 3.05) is 36.7 Å². The molecule has 0 radical (unpaired) electrons. The summed E-state index contributed by atoms with van der Waals surface area (Å²) in [5, 5.41) is 24.4. The van der Waals surface area contributed by atoms with E-state index in [1.165, 1.54) is 0 Å². The van der Waals surface area contributed by atoms with E-state index >= 15 is 0 Å². The number of carbonyl (C=O) groups is 1. The quantitative estimate of drug-likeness (QED) is 0.106. The molecule has 0 saturated carbocycles. The third-order valence-corrected chi connectivity index (χ3v) is 10.6. The molecule has 0 aliphatic carbocycles. The summed E-state index contributed by atoms with van der Waals surface area (Å²) in [4.78, 5) is 37.6. The van der Waals surface area contributed by atoms with Crippen molar-refractivity contribution < 1.29 is 19.6 Å². The molecule has 0 amide bonds. The average molecular weight is 691 g/mol. The largest absolute Gasteiger partial charge is 0.481 e. The van der Waals surface area contributed by atoms with Gasteiger partial charge in [-0.3, -0.25) is 4.79 Å². The molecule has 3 rings (SSSR count). The fraction of sp³-hybridized carbons (Fsp3) is 0.892. The second-order valence-electron chi connectivity index (χ2n) is 17.1. The lowest BCUT2D eigenvalue weighted by atomic mass is 9.71. The van der Waals surface area contributed by atoms with Crippen LogP contribution in [0.1, 0.15) is 146 Å². The van der Waals surface area contributed by atoms with Gasteiger partial charge >= 0.3 is 5.97 Å². The second-order valence-corrected chi connectivity index (χ2v) is 17.1. The molecule has 3 heterocycles. The number of unbranched alkanes of at least 4 members (excludes halogenated alkanes) is 2. The highest BCUT2D eigenvalue weighted by Crippen LogP contribution is 2.45. The van der Waals surface area contributed by atoms with Crippen molar-refractivity contribution >= 4 is 23.8 Å². The van der Waals surface area contributed by atoms with Crippen LogP contribution in [0.3, 0.4) is 0 Å². The maximum Gasteiger partial charge on any atom is 0.303 e. The van der Waals surface area contributed by atoms with Gasteiger partial charge in [0.15, 0.2) is 0 Å². The Balaban J connectivity index is 1.91. The van der Waals surface area contributed by atoms with Crippen LogP contribution in [0.2, 0.25) is 0 Å². The summed E-state index contributed by atoms with van der Waals surface area (Å²) in [7, 11) is 3.56. The number of nitrogens with zero attached hydrogens (tertiary/aromatic N) is 5. The molecule has 2 aliphatic heterocycles. The number of rotatable bonds is 19. The first-order chi connectivity index (χ1) is 22.9. The van der Waals surface area contributed by atoms with Gasteiger partial charge in [-0.25, -0.2) is 0 Å². The summed E-state index contributed by atoms with van der Waals surface area (Å²) in [5.74, 6) is 1.75. The Bertz CT molecular complexity index is 1080. The molecule has 2 atom stereocenters. The molecular formula is C37H70N8O4. The minimum absolute atomic E-state index is 0.124. The third-order valence-electron chi connectivity index (χ3n) is 10.6. The SMILES string of the molecule is CCCC(Nc1nc(NCCCCCC(=O)O)nc(NC(CCC)C2CC(C)(C)N(OC)C(C)(C)C2)n1)C1CC(C)(C)N(OC)C(C)(C)C1. The van der Waals surface area contributed by atoms with Crippen LogP contribution >= 0.6 is 0 Å². The predicted octanol–water partition coefficient (Wildman–Crippen LogP) is 7.75. The molecule has 2 aliphatic rings. The van der Waals surface area contributed by atoms with Gasteiger partial charge in [-0.1, -0.05) is 33.1 Å². The van der Waals surface area contributed by atoms with Crippen molar-refractivity contribution in [1.82, 2.24) is 25.1 Å². The number of piperidine rings is 2. The second kappa shape index (κ2) is 17.3. The number of aliphatic carboxylic acids is 1. The molecule has 12 nitrogen and oxygen atoms in total. The molecule has 1 aromatic heterocycles. The minimum atomic E-state index is -0.750. The molecule has 1 aromatic rings. The smallest absolute Gasteiger partial charge is 0.303 e. The van der Waals surface area contributed by atoms with E-state index in [2.05, 4.69) is 95.3 Å². The van der Waals surface area contributed by atoms with Gasteiger partial charge in [0.1, 0.15) is 0 Å². The van der Waals surface area contributed by atoms with Crippen molar-refractivity contribution in [2.24, 2.45) is 11.8 Å². The van der Waals surface area contributed by atoms with Crippen molar-refractivity contribution in [3.8, 4) is 0 Å². The number of nitrogens with one attached hydrogen (secondary N) is 3. The lowest BCUT2D eigenvalue weighted by molar-refractivity contribution is -0.272. The normalized spacial score (nSPS) is 22.4. The van der Waals surface area contributed by atoms with E-state index in [-0.39, 0.29) is 40.7 Å². The average Bonchev–Trinajstić information content (AvgIpc) is 2.96. The van der Waals surface area contributed by atoms with E-state index in [0.29, 0.717) is 42.6 Å². The van der Waals surface area contributed by atoms with Gasteiger partial charge in [-0.15, -0.1) is 0 Å². The lowest BCUT2D eigenvalue weighted by Gasteiger charge is -2.54. The summed E-state index contributed by atoms with van der Waals surface area (Å²) in [5.41, 5.74) is -0.495. The van der Waals surface area contributed by atoms with Gasteiger partial charge in [0.25, 0.3) is 0 Å². The standard InChI is InChI=1S/C37H70N8O4/c1-13-18-28(26-22-34(3,4)44(48-11)35(5,6)23-26)39-32-41-31(38-21-17-15-16-20-30(46)47)42-33(43-32)40-29(19-14-2)27-24-36(7,8)45(49-12)37(9,10)25-27/h26-29H,13-25H2,1-12H3,(H,46,47)(H3,38,39,40,41,42,43). The summed E-state index contributed by atoms with van der Waals surface area (Å²) in [6.45, 7) is 23.3. The first-order valence-corrected chi connectivity index (χ1v) is 18.8. The number of aromatic nitrogens is 3. The van der Waals surface area contributed by atoms with Crippen LogP contribution in [0, 0.1) is 11.8 Å². The third kappa shape index (κ3) is 11.1. The van der Waals surface area contributed by atoms with Crippen LogP contribution in [0.5, 0.6) is 0 Å². The zero-order chi connectivity index (χ0) is 36.6. The van der Waals surface area contributed by atoms with Gasteiger partial charge in [0, 0.05) is 47.2 Å². The van der Waals surface area contributed by atoms with Crippen LogP contribution in [0.25, 0.3) is 0 Å². The maximum atomic E-state index is 11.0. The fourth-order valence-corrected chi connectivity index (χ4v) is 9.41. The molecule has 282 valence electrons. The van der Waals surface area contributed by atoms with Crippen LogP contribution in [-0.2, 0) is 14.5 Å². The van der Waals surface area contributed by atoms with E-state index in [4.69, 9.17) is 29.7 Å². The summed E-state index contributed by atoms with van der Waals surface area (Å²) >= 11 is 0. The van der Waals surface area contributed by atoms with Gasteiger partial charge in [0.2, 0.25) is 17.8 Å². The molecule has 0 spiro atoms. The number of carboxylic acids is 1. The monoisotopic (exact) mass is 691 g/mol. The number of hydroxylamine groups is 4. The molecule has 0 bridgehead atoms. The van der Waals surface area contributed by atoms with Crippen molar-refractivity contribution in [1.29, 1.82) is 0 Å². The highest BCUT2D eigenvalue weighted by Gasteiger charge is 2.49. The molecular weight excluding hydrogens is 620 g/mol. The van der Waals surface area contributed by atoms with Crippen LogP contribution in [0.4, 0.5) is 17.8 Å². The maximum absolute atomic E-state index is 11.0. The van der Waals surface area contributed by atoms with Gasteiger partial charge in [-0.2, -0.15) is 25.1 Å². The topological polar surface area (TPSA) is 137 Å². The first-order valence-electron chi connectivity index (χ1n) is 18.8.